The van der Waals surface area contributed by atoms with Crippen LogP contribution in [0.1, 0.15) is 42.7 Å². The van der Waals surface area contributed by atoms with Crippen LogP contribution >= 0.6 is 0 Å². The summed E-state index contributed by atoms with van der Waals surface area (Å²) in [4.78, 5) is 4.48. The minimum atomic E-state index is -0.873. The maximum atomic E-state index is 13.9. The summed E-state index contributed by atoms with van der Waals surface area (Å²) in [6, 6.07) is 10.3. The highest BCUT2D eigenvalue weighted by atomic mass is 19.1. The zero-order valence-electron chi connectivity index (χ0n) is 17.6. The lowest BCUT2D eigenvalue weighted by Crippen LogP contribution is -2.39. The van der Waals surface area contributed by atoms with Crippen LogP contribution < -0.4 is 20.1 Å². The van der Waals surface area contributed by atoms with Crippen LogP contribution in [-0.4, -0.2) is 38.4 Å². The van der Waals surface area contributed by atoms with E-state index in [9.17, 15) is 9.50 Å². The molecule has 2 rings (SSSR count). The summed E-state index contributed by atoms with van der Waals surface area (Å²) < 4.78 is 24.4. The molecule has 0 aliphatic rings. The van der Waals surface area contributed by atoms with Gasteiger partial charge in [0, 0.05) is 12.1 Å². The van der Waals surface area contributed by atoms with Gasteiger partial charge < -0.3 is 25.2 Å². The van der Waals surface area contributed by atoms with Crippen LogP contribution in [0.2, 0.25) is 0 Å². The summed E-state index contributed by atoms with van der Waals surface area (Å²) in [5.74, 6) is 1.49. The minimum absolute atomic E-state index is 0.119. The number of halogens is 1. The zero-order chi connectivity index (χ0) is 21.4. The first-order valence-electron chi connectivity index (χ1n) is 9.60. The number of nitrogens with zero attached hydrogens (tertiary/aromatic N) is 1. The molecule has 0 aromatic heterocycles. The molecule has 2 aromatic rings. The number of hydrogen-bond acceptors (Lipinski definition) is 4. The fourth-order valence-electron chi connectivity index (χ4n) is 2.86. The van der Waals surface area contributed by atoms with Crippen molar-refractivity contribution in [3.05, 3.63) is 58.9 Å². The number of aliphatic imine (C=N–C) groups is 1. The van der Waals surface area contributed by atoms with E-state index in [1.54, 1.807) is 45.4 Å². The monoisotopic (exact) mass is 403 g/mol. The van der Waals surface area contributed by atoms with Crippen molar-refractivity contribution in [3.63, 3.8) is 0 Å². The summed E-state index contributed by atoms with van der Waals surface area (Å²) in [5.41, 5.74) is 2.02. The molecule has 0 aliphatic carbocycles. The summed E-state index contributed by atoms with van der Waals surface area (Å²) in [7, 11) is 3.12. The second-order valence-electron chi connectivity index (χ2n) is 6.72. The van der Waals surface area contributed by atoms with Gasteiger partial charge in [-0.2, -0.15) is 0 Å². The number of nitrogens with one attached hydrogen (secondary N) is 2. The normalized spacial score (nSPS) is 13.6. The number of hydrogen-bond donors (Lipinski definition) is 3. The van der Waals surface area contributed by atoms with Crippen LogP contribution in [-0.2, 0) is 0 Å². The summed E-state index contributed by atoms with van der Waals surface area (Å²) in [5, 5.41) is 17.0. The predicted octanol–water partition coefficient (Wildman–Crippen LogP) is 3.50. The van der Waals surface area contributed by atoms with E-state index in [4.69, 9.17) is 9.47 Å². The Bertz CT molecular complexity index is 842. The summed E-state index contributed by atoms with van der Waals surface area (Å²) in [6.07, 6.45) is -0.873. The number of benzene rings is 2. The molecule has 7 heteroatoms. The number of aliphatic hydroxyl groups excluding tert-OH is 1. The van der Waals surface area contributed by atoms with Gasteiger partial charge in [-0.25, -0.2) is 4.39 Å². The largest absolute Gasteiger partial charge is 0.497 e. The maximum Gasteiger partial charge on any atom is 0.191 e. The van der Waals surface area contributed by atoms with Crippen molar-refractivity contribution in [2.45, 2.75) is 32.9 Å². The highest BCUT2D eigenvalue weighted by Gasteiger charge is 2.15. The maximum absolute atomic E-state index is 13.9. The van der Waals surface area contributed by atoms with Crippen molar-refractivity contribution in [2.75, 3.05) is 27.3 Å². The molecule has 0 bridgehead atoms. The van der Waals surface area contributed by atoms with Crippen molar-refractivity contribution in [1.82, 2.24) is 10.6 Å². The topological polar surface area (TPSA) is 75.1 Å². The van der Waals surface area contributed by atoms with Gasteiger partial charge in [0.2, 0.25) is 0 Å². The molecular weight excluding hydrogens is 373 g/mol. The fraction of sp³-hybridized carbons (Fsp3) is 0.409. The van der Waals surface area contributed by atoms with Gasteiger partial charge in [0.1, 0.15) is 23.4 Å². The molecule has 6 nitrogen and oxygen atoms in total. The molecule has 0 saturated carbocycles. The van der Waals surface area contributed by atoms with E-state index < -0.39 is 6.10 Å². The molecule has 0 radical (unpaired) electrons. The minimum Gasteiger partial charge on any atom is -0.497 e. The van der Waals surface area contributed by atoms with Gasteiger partial charge in [-0.05, 0) is 56.2 Å². The highest BCUT2D eigenvalue weighted by molar-refractivity contribution is 5.80. The molecule has 158 valence electrons. The SMILES string of the molecule is CCNC(=NCC(O)c1cc(OC)ccc1OC)NC(C)c1ccc(C)c(F)c1. The smallest absolute Gasteiger partial charge is 0.191 e. The Morgan fingerprint density at radius 1 is 1.17 bits per heavy atom. The van der Waals surface area contributed by atoms with Crippen LogP contribution in [0.3, 0.4) is 0 Å². The molecule has 2 unspecified atom stereocenters. The molecule has 0 spiro atoms. The van der Waals surface area contributed by atoms with Gasteiger partial charge in [-0.3, -0.25) is 4.99 Å². The van der Waals surface area contributed by atoms with E-state index in [1.807, 2.05) is 19.9 Å². The van der Waals surface area contributed by atoms with E-state index >= 15 is 0 Å². The quantitative estimate of drug-likeness (QED) is 0.465. The van der Waals surface area contributed by atoms with Crippen LogP contribution in [0.5, 0.6) is 11.5 Å². The first-order valence-corrected chi connectivity index (χ1v) is 9.60. The Hall–Kier alpha value is -2.80. The lowest BCUT2D eigenvalue weighted by molar-refractivity contribution is 0.182. The van der Waals surface area contributed by atoms with E-state index in [0.29, 0.717) is 35.1 Å². The van der Waals surface area contributed by atoms with Gasteiger partial charge in [-0.1, -0.05) is 12.1 Å². The number of aryl methyl sites for hydroxylation is 1. The van der Waals surface area contributed by atoms with Gasteiger partial charge in [0.05, 0.1) is 26.8 Å². The molecule has 2 aromatic carbocycles. The van der Waals surface area contributed by atoms with Crippen LogP contribution in [0.25, 0.3) is 0 Å². The lowest BCUT2D eigenvalue weighted by Gasteiger charge is -2.20. The van der Waals surface area contributed by atoms with E-state index in [1.165, 1.54) is 6.07 Å². The Morgan fingerprint density at radius 2 is 1.93 bits per heavy atom. The molecule has 0 saturated heterocycles. The van der Waals surface area contributed by atoms with Crippen LogP contribution in [0, 0.1) is 12.7 Å². The van der Waals surface area contributed by atoms with Crippen molar-refractivity contribution < 1.29 is 19.0 Å². The van der Waals surface area contributed by atoms with E-state index in [2.05, 4.69) is 15.6 Å². The Morgan fingerprint density at radius 3 is 2.55 bits per heavy atom. The van der Waals surface area contributed by atoms with E-state index in [-0.39, 0.29) is 18.4 Å². The molecule has 29 heavy (non-hydrogen) atoms. The van der Waals surface area contributed by atoms with Crippen molar-refractivity contribution in [3.8, 4) is 11.5 Å². The highest BCUT2D eigenvalue weighted by Crippen LogP contribution is 2.29. The molecule has 0 aliphatic heterocycles. The fourth-order valence-corrected chi connectivity index (χ4v) is 2.86. The van der Waals surface area contributed by atoms with Gasteiger partial charge >= 0.3 is 0 Å². The number of rotatable bonds is 8. The number of methoxy groups -OCH3 is 2. The number of ether oxygens (including phenoxy) is 2. The molecule has 0 amide bonds. The summed E-state index contributed by atoms with van der Waals surface area (Å²) in [6.45, 7) is 6.39. The van der Waals surface area contributed by atoms with Crippen LogP contribution in [0.15, 0.2) is 41.4 Å². The average molecular weight is 403 g/mol. The van der Waals surface area contributed by atoms with Gasteiger partial charge in [0.25, 0.3) is 0 Å². The zero-order valence-corrected chi connectivity index (χ0v) is 17.6. The second-order valence-corrected chi connectivity index (χ2v) is 6.72. The Balaban J connectivity index is 2.14. The second kappa shape index (κ2) is 10.7. The first-order chi connectivity index (χ1) is 13.9. The van der Waals surface area contributed by atoms with E-state index in [0.717, 1.165) is 5.56 Å². The number of guanidine groups is 1. The molecule has 0 heterocycles. The number of aliphatic hydroxyl groups is 1. The van der Waals surface area contributed by atoms with Crippen molar-refractivity contribution in [2.24, 2.45) is 4.99 Å². The summed E-state index contributed by atoms with van der Waals surface area (Å²) >= 11 is 0. The third-order valence-corrected chi connectivity index (χ3v) is 4.61. The standard InChI is InChI=1S/C22H30FN3O3/c1-6-24-22(26-15(3)16-8-7-14(2)19(23)11-16)25-13-20(27)18-12-17(28-4)9-10-21(18)29-5/h7-12,15,20,27H,6,13H2,1-5H3,(H2,24,25,26). The van der Waals surface area contributed by atoms with Crippen molar-refractivity contribution in [1.29, 1.82) is 0 Å². The molecule has 3 N–H and O–H groups in total. The van der Waals surface area contributed by atoms with Crippen molar-refractivity contribution >= 4 is 5.96 Å². The molecule has 0 fully saturated rings. The Kier molecular flexibility index (Phi) is 8.27. The van der Waals surface area contributed by atoms with Gasteiger partial charge in [-0.15, -0.1) is 0 Å². The third-order valence-electron chi connectivity index (χ3n) is 4.61. The predicted molar refractivity (Wildman–Crippen MR) is 113 cm³/mol. The molecule has 2 atom stereocenters. The Labute approximate surface area is 171 Å². The third kappa shape index (κ3) is 6.09. The molecular formula is C22H30FN3O3. The lowest BCUT2D eigenvalue weighted by atomic mass is 10.1. The first kappa shape index (κ1) is 22.5. The van der Waals surface area contributed by atoms with Crippen LogP contribution in [0.4, 0.5) is 4.39 Å². The van der Waals surface area contributed by atoms with Gasteiger partial charge in [0.15, 0.2) is 5.96 Å². The average Bonchev–Trinajstić information content (AvgIpc) is 2.73.